The first-order valence-electron chi connectivity index (χ1n) is 7.18. The minimum atomic E-state index is -0.0228. The average Bonchev–Trinajstić information content (AvgIpc) is 2.35. The van der Waals surface area contributed by atoms with Gasteiger partial charge in [0.1, 0.15) is 0 Å². The summed E-state index contributed by atoms with van der Waals surface area (Å²) >= 11 is 0. The minimum absolute atomic E-state index is 0.0228. The molecule has 0 aliphatic carbocycles. The number of nitrogens with two attached hydrogens (primary N) is 1. The van der Waals surface area contributed by atoms with Gasteiger partial charge in [-0.25, -0.2) is 0 Å². The van der Waals surface area contributed by atoms with Crippen LogP contribution in [0.25, 0.3) is 0 Å². The molecule has 0 saturated carbocycles. The number of ether oxygens (including phenoxy) is 1. The van der Waals surface area contributed by atoms with Crippen molar-refractivity contribution in [3.05, 3.63) is 0 Å². The summed E-state index contributed by atoms with van der Waals surface area (Å²) in [7, 11) is 0. The lowest BCUT2D eigenvalue weighted by molar-refractivity contribution is -0.139. The number of likely N-dealkylation sites (tertiary alicyclic amines) is 1. The lowest BCUT2D eigenvalue weighted by Crippen LogP contribution is -2.47. The minimum Gasteiger partial charge on any atom is -0.377 e. The Hall–Kier alpha value is -0.610. The van der Waals surface area contributed by atoms with Crippen LogP contribution < -0.4 is 5.73 Å². The molecule has 2 atom stereocenters. The van der Waals surface area contributed by atoms with E-state index in [-0.39, 0.29) is 17.9 Å². The standard InChI is InChI=1S/C14H28N2O2/c1-4-18-13-6-5-7-16(10-13)14(17)12(9-15)8-11(2)3/h11-13H,4-10,15H2,1-3H3. The van der Waals surface area contributed by atoms with Gasteiger partial charge in [0.2, 0.25) is 5.91 Å². The molecule has 0 aromatic rings. The second-order valence-corrected chi connectivity index (χ2v) is 5.57. The molecule has 1 aliphatic rings. The fraction of sp³-hybridized carbons (Fsp3) is 0.929. The zero-order valence-corrected chi connectivity index (χ0v) is 12.0. The second kappa shape index (κ2) is 7.74. The summed E-state index contributed by atoms with van der Waals surface area (Å²) in [5, 5.41) is 0. The monoisotopic (exact) mass is 256 g/mol. The van der Waals surface area contributed by atoms with Gasteiger partial charge in [0.25, 0.3) is 0 Å². The first-order chi connectivity index (χ1) is 8.58. The van der Waals surface area contributed by atoms with Gasteiger partial charge in [0.05, 0.1) is 12.0 Å². The Morgan fingerprint density at radius 2 is 2.22 bits per heavy atom. The maximum absolute atomic E-state index is 12.4. The molecule has 1 rings (SSSR count). The van der Waals surface area contributed by atoms with E-state index in [1.165, 1.54) is 0 Å². The number of carbonyl (C=O) groups is 1. The van der Waals surface area contributed by atoms with Crippen molar-refractivity contribution in [2.24, 2.45) is 17.6 Å². The van der Waals surface area contributed by atoms with Gasteiger partial charge in [0.15, 0.2) is 0 Å². The second-order valence-electron chi connectivity index (χ2n) is 5.57. The van der Waals surface area contributed by atoms with Crippen LogP contribution in [-0.4, -0.2) is 43.2 Å². The largest absolute Gasteiger partial charge is 0.377 e. The molecule has 0 aromatic carbocycles. The van der Waals surface area contributed by atoms with Crippen LogP contribution >= 0.6 is 0 Å². The smallest absolute Gasteiger partial charge is 0.227 e. The van der Waals surface area contributed by atoms with E-state index in [0.29, 0.717) is 12.5 Å². The fourth-order valence-electron chi connectivity index (χ4n) is 2.64. The molecule has 4 heteroatoms. The lowest BCUT2D eigenvalue weighted by atomic mass is 9.95. The van der Waals surface area contributed by atoms with Crippen molar-refractivity contribution < 1.29 is 9.53 Å². The van der Waals surface area contributed by atoms with Gasteiger partial charge in [-0.1, -0.05) is 13.8 Å². The van der Waals surface area contributed by atoms with Crippen molar-refractivity contribution in [3.8, 4) is 0 Å². The molecule has 1 fully saturated rings. The van der Waals surface area contributed by atoms with Crippen LogP contribution in [0.3, 0.4) is 0 Å². The maximum atomic E-state index is 12.4. The van der Waals surface area contributed by atoms with Crippen molar-refractivity contribution in [2.45, 2.75) is 46.1 Å². The first kappa shape index (κ1) is 15.4. The van der Waals surface area contributed by atoms with Gasteiger partial charge >= 0.3 is 0 Å². The Morgan fingerprint density at radius 1 is 1.50 bits per heavy atom. The maximum Gasteiger partial charge on any atom is 0.227 e. The summed E-state index contributed by atoms with van der Waals surface area (Å²) in [5.41, 5.74) is 5.74. The quantitative estimate of drug-likeness (QED) is 0.786. The lowest BCUT2D eigenvalue weighted by Gasteiger charge is -2.34. The third kappa shape index (κ3) is 4.58. The number of piperidine rings is 1. The molecule has 1 saturated heterocycles. The van der Waals surface area contributed by atoms with Crippen molar-refractivity contribution in [3.63, 3.8) is 0 Å². The normalized spacial score (nSPS) is 22.3. The molecule has 0 radical (unpaired) electrons. The molecule has 0 spiro atoms. The highest BCUT2D eigenvalue weighted by Gasteiger charge is 2.28. The summed E-state index contributed by atoms with van der Waals surface area (Å²) in [6, 6.07) is 0. The summed E-state index contributed by atoms with van der Waals surface area (Å²) in [6.45, 7) is 9.04. The highest BCUT2D eigenvalue weighted by molar-refractivity contribution is 5.79. The van der Waals surface area contributed by atoms with Crippen LogP contribution in [0.5, 0.6) is 0 Å². The van der Waals surface area contributed by atoms with E-state index < -0.39 is 0 Å². The Labute approximate surface area is 111 Å². The number of nitrogens with zero attached hydrogens (tertiary/aromatic N) is 1. The molecule has 4 nitrogen and oxygen atoms in total. The van der Waals surface area contributed by atoms with E-state index in [9.17, 15) is 4.79 Å². The van der Waals surface area contributed by atoms with Crippen molar-refractivity contribution >= 4 is 5.91 Å². The molecule has 1 heterocycles. The molecule has 2 unspecified atom stereocenters. The van der Waals surface area contributed by atoms with E-state index in [2.05, 4.69) is 13.8 Å². The number of amides is 1. The summed E-state index contributed by atoms with van der Waals surface area (Å²) in [4.78, 5) is 14.4. The molecule has 2 N–H and O–H groups in total. The summed E-state index contributed by atoms with van der Waals surface area (Å²) < 4.78 is 5.63. The van der Waals surface area contributed by atoms with Gasteiger partial charge in [-0.3, -0.25) is 4.79 Å². The van der Waals surface area contributed by atoms with Crippen LogP contribution in [0.15, 0.2) is 0 Å². The third-order valence-electron chi connectivity index (χ3n) is 3.48. The Balaban J connectivity index is 2.53. The highest BCUT2D eigenvalue weighted by atomic mass is 16.5. The van der Waals surface area contributed by atoms with Crippen LogP contribution in [0, 0.1) is 11.8 Å². The number of hydrogen-bond acceptors (Lipinski definition) is 3. The zero-order chi connectivity index (χ0) is 13.5. The topological polar surface area (TPSA) is 55.6 Å². The molecule has 106 valence electrons. The molecule has 0 bridgehead atoms. The van der Waals surface area contributed by atoms with Gasteiger partial charge in [-0.05, 0) is 32.1 Å². The Morgan fingerprint density at radius 3 is 2.78 bits per heavy atom. The van der Waals surface area contributed by atoms with E-state index in [1.54, 1.807) is 0 Å². The van der Waals surface area contributed by atoms with Crippen molar-refractivity contribution in [1.29, 1.82) is 0 Å². The molecule has 1 aliphatic heterocycles. The molecular weight excluding hydrogens is 228 g/mol. The number of rotatable bonds is 6. The van der Waals surface area contributed by atoms with Crippen molar-refractivity contribution in [1.82, 2.24) is 4.90 Å². The summed E-state index contributed by atoms with van der Waals surface area (Å²) in [5.74, 6) is 0.705. The Bertz CT molecular complexity index is 254. The number of hydrogen-bond donors (Lipinski definition) is 1. The van der Waals surface area contributed by atoms with E-state index in [4.69, 9.17) is 10.5 Å². The highest BCUT2D eigenvalue weighted by Crippen LogP contribution is 2.19. The summed E-state index contributed by atoms with van der Waals surface area (Å²) in [6.07, 6.45) is 3.19. The van der Waals surface area contributed by atoms with E-state index in [1.807, 2.05) is 11.8 Å². The third-order valence-corrected chi connectivity index (χ3v) is 3.48. The predicted octanol–water partition coefficient (Wildman–Crippen LogP) is 1.63. The molecular formula is C14H28N2O2. The van der Waals surface area contributed by atoms with E-state index >= 15 is 0 Å². The van der Waals surface area contributed by atoms with Gasteiger partial charge in [0, 0.05) is 26.2 Å². The van der Waals surface area contributed by atoms with Crippen molar-refractivity contribution in [2.75, 3.05) is 26.2 Å². The van der Waals surface area contributed by atoms with Gasteiger partial charge < -0.3 is 15.4 Å². The number of carbonyl (C=O) groups excluding carboxylic acids is 1. The van der Waals surface area contributed by atoms with Gasteiger partial charge in [-0.15, -0.1) is 0 Å². The fourth-order valence-corrected chi connectivity index (χ4v) is 2.64. The average molecular weight is 256 g/mol. The van der Waals surface area contributed by atoms with Crippen LogP contribution in [0.1, 0.15) is 40.0 Å². The van der Waals surface area contributed by atoms with Crippen LogP contribution in [0.4, 0.5) is 0 Å². The Kier molecular flexibility index (Phi) is 6.65. The zero-order valence-electron chi connectivity index (χ0n) is 12.0. The van der Waals surface area contributed by atoms with Gasteiger partial charge in [-0.2, -0.15) is 0 Å². The first-order valence-corrected chi connectivity index (χ1v) is 7.18. The molecule has 1 amide bonds. The van der Waals surface area contributed by atoms with Crippen LogP contribution in [0.2, 0.25) is 0 Å². The predicted molar refractivity (Wildman–Crippen MR) is 73.2 cm³/mol. The van der Waals surface area contributed by atoms with E-state index in [0.717, 1.165) is 39.0 Å². The SMILES string of the molecule is CCOC1CCCN(C(=O)C(CN)CC(C)C)C1. The molecule has 18 heavy (non-hydrogen) atoms. The van der Waals surface area contributed by atoms with Crippen LogP contribution in [-0.2, 0) is 9.53 Å². The molecule has 0 aromatic heterocycles.